The number of benzene rings is 1. The summed E-state index contributed by atoms with van der Waals surface area (Å²) in [6.45, 7) is 6.61. The van der Waals surface area contributed by atoms with Gasteiger partial charge in [0, 0.05) is 24.4 Å². The SMILES string of the molecule is CCOc1ccccc1N=C1SCCN1C(=O)CCc1c(C)[nH]c(=O)c(C#N)c1C. The Balaban J connectivity index is 1.78. The second-order valence-corrected chi connectivity index (χ2v) is 7.92. The number of para-hydroxylation sites is 2. The van der Waals surface area contributed by atoms with E-state index in [9.17, 15) is 14.9 Å². The van der Waals surface area contributed by atoms with Gasteiger partial charge in [-0.3, -0.25) is 14.5 Å². The van der Waals surface area contributed by atoms with Crippen molar-refractivity contribution in [2.24, 2.45) is 4.99 Å². The van der Waals surface area contributed by atoms with Gasteiger partial charge in [-0.05, 0) is 50.5 Å². The molecule has 1 fully saturated rings. The number of carbonyl (C=O) groups is 1. The van der Waals surface area contributed by atoms with E-state index in [1.165, 1.54) is 0 Å². The van der Waals surface area contributed by atoms with Gasteiger partial charge in [-0.25, -0.2) is 4.99 Å². The molecule has 0 aliphatic carbocycles. The van der Waals surface area contributed by atoms with Crippen molar-refractivity contribution in [2.45, 2.75) is 33.6 Å². The van der Waals surface area contributed by atoms with Crippen LogP contribution < -0.4 is 10.3 Å². The van der Waals surface area contributed by atoms with E-state index >= 15 is 0 Å². The topological polar surface area (TPSA) is 98.5 Å². The fraction of sp³-hybridized carbons (Fsp3) is 0.364. The van der Waals surface area contributed by atoms with Gasteiger partial charge in [-0.1, -0.05) is 23.9 Å². The lowest BCUT2D eigenvalue weighted by molar-refractivity contribution is -0.126. The molecule has 1 amide bonds. The number of amidine groups is 1. The van der Waals surface area contributed by atoms with E-state index in [-0.39, 0.29) is 23.5 Å². The molecule has 0 atom stereocenters. The maximum atomic E-state index is 12.9. The van der Waals surface area contributed by atoms with Crippen LogP contribution in [0.5, 0.6) is 5.75 Å². The Bertz CT molecular complexity index is 1080. The minimum absolute atomic E-state index is 0.0313. The number of H-pyrrole nitrogens is 1. The predicted octanol–water partition coefficient (Wildman–Crippen LogP) is 3.46. The first kappa shape index (κ1) is 21.7. The average molecular weight is 425 g/mol. The zero-order valence-corrected chi connectivity index (χ0v) is 18.1. The highest BCUT2D eigenvalue weighted by Gasteiger charge is 2.26. The Morgan fingerprint density at radius 3 is 2.87 bits per heavy atom. The molecular formula is C22H24N4O3S. The number of aromatic nitrogens is 1. The van der Waals surface area contributed by atoms with Gasteiger partial charge in [0.1, 0.15) is 23.1 Å². The van der Waals surface area contributed by atoms with Crippen LogP contribution in [0.4, 0.5) is 5.69 Å². The molecule has 0 saturated carbocycles. The highest BCUT2D eigenvalue weighted by Crippen LogP contribution is 2.30. The number of amides is 1. The molecular weight excluding hydrogens is 400 g/mol. The van der Waals surface area contributed by atoms with Crippen molar-refractivity contribution in [3.8, 4) is 11.8 Å². The Kier molecular flexibility index (Phi) is 6.95. The molecule has 1 N–H and O–H groups in total. The summed E-state index contributed by atoms with van der Waals surface area (Å²) in [6.07, 6.45) is 0.719. The zero-order chi connectivity index (χ0) is 21.7. The molecule has 0 unspecified atom stereocenters. The molecule has 1 aliphatic rings. The van der Waals surface area contributed by atoms with Gasteiger partial charge < -0.3 is 9.72 Å². The van der Waals surface area contributed by atoms with Gasteiger partial charge >= 0.3 is 0 Å². The molecule has 8 heteroatoms. The van der Waals surface area contributed by atoms with Crippen LogP contribution in [-0.2, 0) is 11.2 Å². The third-order valence-electron chi connectivity index (χ3n) is 4.97. The molecule has 1 aromatic heterocycles. The van der Waals surface area contributed by atoms with Crippen LogP contribution in [0.2, 0.25) is 0 Å². The fourth-order valence-electron chi connectivity index (χ4n) is 3.44. The van der Waals surface area contributed by atoms with Crippen molar-refractivity contribution >= 4 is 28.5 Å². The lowest BCUT2D eigenvalue weighted by atomic mass is 9.99. The first-order chi connectivity index (χ1) is 14.5. The summed E-state index contributed by atoms with van der Waals surface area (Å²) in [5, 5.41) is 9.89. The van der Waals surface area contributed by atoms with Crippen molar-refractivity contribution in [3.05, 3.63) is 57.0 Å². The Labute approximate surface area is 179 Å². The summed E-state index contributed by atoms with van der Waals surface area (Å²) in [7, 11) is 0. The molecule has 30 heavy (non-hydrogen) atoms. The molecule has 0 radical (unpaired) electrons. The van der Waals surface area contributed by atoms with Crippen LogP contribution in [0.15, 0.2) is 34.1 Å². The molecule has 2 aromatic rings. The second kappa shape index (κ2) is 9.63. The van der Waals surface area contributed by atoms with E-state index in [4.69, 9.17) is 4.74 Å². The maximum absolute atomic E-state index is 12.9. The number of nitrogens with zero attached hydrogens (tertiary/aromatic N) is 3. The van der Waals surface area contributed by atoms with Crippen molar-refractivity contribution in [2.75, 3.05) is 18.9 Å². The van der Waals surface area contributed by atoms with Gasteiger partial charge in [0.2, 0.25) is 5.91 Å². The summed E-state index contributed by atoms with van der Waals surface area (Å²) in [4.78, 5) is 33.9. The molecule has 1 aliphatic heterocycles. The number of nitriles is 1. The van der Waals surface area contributed by atoms with E-state index in [0.717, 1.165) is 11.3 Å². The van der Waals surface area contributed by atoms with Crippen molar-refractivity contribution < 1.29 is 9.53 Å². The van der Waals surface area contributed by atoms with Crippen LogP contribution in [-0.4, -0.2) is 39.9 Å². The minimum Gasteiger partial charge on any atom is -0.492 e. The molecule has 156 valence electrons. The summed E-state index contributed by atoms with van der Waals surface area (Å²) in [5.74, 6) is 1.45. The molecule has 1 saturated heterocycles. The largest absolute Gasteiger partial charge is 0.492 e. The number of aryl methyl sites for hydroxylation is 1. The number of aliphatic imine (C=N–C) groups is 1. The van der Waals surface area contributed by atoms with Crippen molar-refractivity contribution in [3.63, 3.8) is 0 Å². The van der Waals surface area contributed by atoms with Gasteiger partial charge in [-0.2, -0.15) is 5.26 Å². The quantitative estimate of drug-likeness (QED) is 0.766. The number of rotatable bonds is 6. The predicted molar refractivity (Wildman–Crippen MR) is 118 cm³/mol. The average Bonchev–Trinajstić information content (AvgIpc) is 3.17. The summed E-state index contributed by atoms with van der Waals surface area (Å²) in [6, 6.07) is 9.47. The van der Waals surface area contributed by atoms with E-state index in [1.54, 1.807) is 30.5 Å². The van der Waals surface area contributed by atoms with Crippen LogP contribution in [0.3, 0.4) is 0 Å². The monoisotopic (exact) mass is 424 g/mol. The van der Waals surface area contributed by atoms with Gasteiger partial charge in [0.05, 0.1) is 6.61 Å². The second-order valence-electron chi connectivity index (χ2n) is 6.86. The lowest BCUT2D eigenvalue weighted by Crippen LogP contribution is -2.32. The van der Waals surface area contributed by atoms with Gasteiger partial charge in [-0.15, -0.1) is 0 Å². The van der Waals surface area contributed by atoms with Crippen LogP contribution in [0, 0.1) is 25.2 Å². The number of aromatic amines is 1. The van der Waals surface area contributed by atoms with Crippen LogP contribution in [0.1, 0.15) is 35.7 Å². The van der Waals surface area contributed by atoms with Crippen LogP contribution >= 0.6 is 11.8 Å². The fourth-order valence-corrected chi connectivity index (χ4v) is 4.41. The lowest BCUT2D eigenvalue weighted by Gasteiger charge is -2.17. The molecule has 1 aromatic carbocycles. The molecule has 0 spiro atoms. The smallest absolute Gasteiger partial charge is 0.266 e. The van der Waals surface area contributed by atoms with Gasteiger partial charge in [0.15, 0.2) is 5.17 Å². The number of carbonyl (C=O) groups excluding carboxylic acids is 1. The highest BCUT2D eigenvalue weighted by molar-refractivity contribution is 8.14. The molecule has 7 nitrogen and oxygen atoms in total. The number of thioether (sulfide) groups is 1. The first-order valence-electron chi connectivity index (χ1n) is 9.82. The Morgan fingerprint density at radius 1 is 1.37 bits per heavy atom. The number of nitrogens with one attached hydrogen (secondary N) is 1. The first-order valence-corrected chi connectivity index (χ1v) is 10.8. The molecule has 3 rings (SSSR count). The van der Waals surface area contributed by atoms with Gasteiger partial charge in [0.25, 0.3) is 5.56 Å². The van der Waals surface area contributed by atoms with E-state index in [0.29, 0.717) is 47.4 Å². The maximum Gasteiger partial charge on any atom is 0.266 e. The standard InChI is InChI=1S/C22H24N4O3S/c1-4-29-19-8-6-5-7-18(19)25-22-26(11-12-30-22)20(27)10-9-16-14(2)17(13-23)21(28)24-15(16)3/h5-8H,4,9-12H2,1-3H3,(H,24,28). The van der Waals surface area contributed by atoms with E-state index in [2.05, 4.69) is 9.98 Å². The number of pyridine rings is 1. The molecule has 0 bridgehead atoms. The summed E-state index contributed by atoms with van der Waals surface area (Å²) in [5.41, 5.74) is 2.59. The third-order valence-corrected chi connectivity index (χ3v) is 5.92. The van der Waals surface area contributed by atoms with E-state index in [1.807, 2.05) is 37.3 Å². The molecule has 2 heterocycles. The third kappa shape index (κ3) is 4.57. The highest BCUT2D eigenvalue weighted by atomic mass is 32.2. The van der Waals surface area contributed by atoms with Crippen LogP contribution in [0.25, 0.3) is 0 Å². The number of ether oxygens (including phenoxy) is 1. The van der Waals surface area contributed by atoms with Crippen molar-refractivity contribution in [1.82, 2.24) is 9.88 Å². The summed E-state index contributed by atoms with van der Waals surface area (Å²) < 4.78 is 5.63. The Hall–Kier alpha value is -3.05. The minimum atomic E-state index is -0.388. The summed E-state index contributed by atoms with van der Waals surface area (Å²) >= 11 is 1.55. The number of hydrogen-bond donors (Lipinski definition) is 1. The number of hydrogen-bond acceptors (Lipinski definition) is 6. The normalized spacial score (nSPS) is 14.7. The van der Waals surface area contributed by atoms with Crippen molar-refractivity contribution in [1.29, 1.82) is 5.26 Å². The Morgan fingerprint density at radius 2 is 2.13 bits per heavy atom. The van der Waals surface area contributed by atoms with E-state index < -0.39 is 0 Å². The zero-order valence-electron chi connectivity index (χ0n) is 17.3.